The summed E-state index contributed by atoms with van der Waals surface area (Å²) in [5, 5.41) is 12.3. The highest BCUT2D eigenvalue weighted by Gasteiger charge is 2.47. The number of carbonyl (C=O) groups excluding carboxylic acids is 1. The van der Waals surface area contributed by atoms with Crippen molar-refractivity contribution in [2.75, 3.05) is 11.1 Å². The van der Waals surface area contributed by atoms with Gasteiger partial charge in [-0.1, -0.05) is 28.8 Å². The van der Waals surface area contributed by atoms with Crippen LogP contribution in [0.2, 0.25) is 0 Å². The lowest BCUT2D eigenvalue weighted by molar-refractivity contribution is -0.120. The number of likely N-dealkylation sites (tertiary alicyclic amines) is 1. The molecule has 0 radical (unpaired) electrons. The predicted octanol–water partition coefficient (Wildman–Crippen LogP) is 3.28. The van der Waals surface area contributed by atoms with E-state index in [9.17, 15) is 14.7 Å². The van der Waals surface area contributed by atoms with E-state index < -0.39 is 12.1 Å². The van der Waals surface area contributed by atoms with Crippen LogP contribution in [0.3, 0.4) is 0 Å². The number of amides is 2. The molecule has 3 rings (SSSR count). The minimum Gasteiger partial charge on any atom is -0.465 e. The molecule has 1 saturated carbocycles. The molecule has 0 bridgehead atoms. The molecule has 4 N–H and O–H groups in total. The monoisotopic (exact) mass is 381 g/mol. The molecular formula is C16H20BrN3O3. The number of carbonyl (C=O) groups is 2. The second-order valence-corrected chi connectivity index (χ2v) is 7.19. The van der Waals surface area contributed by atoms with Crippen molar-refractivity contribution in [3.63, 3.8) is 0 Å². The summed E-state index contributed by atoms with van der Waals surface area (Å²) >= 11 is 3.32. The van der Waals surface area contributed by atoms with Crippen LogP contribution < -0.4 is 11.1 Å². The van der Waals surface area contributed by atoms with Crippen LogP contribution in [0, 0.1) is 5.92 Å². The summed E-state index contributed by atoms with van der Waals surface area (Å²) in [5.74, 6) is -0.00585. The van der Waals surface area contributed by atoms with Gasteiger partial charge in [0.05, 0.1) is 11.4 Å². The van der Waals surface area contributed by atoms with Crippen LogP contribution in [-0.2, 0) is 4.79 Å². The Morgan fingerprint density at radius 3 is 2.74 bits per heavy atom. The van der Waals surface area contributed by atoms with Crippen LogP contribution in [0.15, 0.2) is 22.7 Å². The van der Waals surface area contributed by atoms with Crippen molar-refractivity contribution >= 4 is 39.3 Å². The summed E-state index contributed by atoms with van der Waals surface area (Å²) < 4.78 is 0.826. The largest absolute Gasteiger partial charge is 0.465 e. The van der Waals surface area contributed by atoms with Crippen molar-refractivity contribution in [3.8, 4) is 0 Å². The molecule has 1 saturated heterocycles. The van der Waals surface area contributed by atoms with Gasteiger partial charge in [-0.2, -0.15) is 0 Å². The van der Waals surface area contributed by atoms with E-state index in [1.165, 1.54) is 4.90 Å². The molecule has 1 heterocycles. The first-order chi connectivity index (χ1) is 11.0. The van der Waals surface area contributed by atoms with Gasteiger partial charge in [0.15, 0.2) is 0 Å². The molecule has 3 atom stereocenters. The van der Waals surface area contributed by atoms with Crippen LogP contribution in [0.25, 0.3) is 0 Å². The van der Waals surface area contributed by atoms with Gasteiger partial charge in [0.25, 0.3) is 0 Å². The summed E-state index contributed by atoms with van der Waals surface area (Å²) in [6.07, 6.45) is 3.57. The zero-order valence-corrected chi connectivity index (χ0v) is 14.3. The van der Waals surface area contributed by atoms with Crippen molar-refractivity contribution in [2.24, 2.45) is 5.92 Å². The third-order valence-electron chi connectivity index (χ3n) is 4.88. The minimum absolute atomic E-state index is 0.0285. The van der Waals surface area contributed by atoms with Crippen LogP contribution >= 0.6 is 15.9 Å². The van der Waals surface area contributed by atoms with Gasteiger partial charge in [0.1, 0.15) is 6.04 Å². The minimum atomic E-state index is -1.01. The Labute approximate surface area is 143 Å². The smallest absolute Gasteiger partial charge is 0.408 e. The summed E-state index contributed by atoms with van der Waals surface area (Å²) in [6, 6.07) is 4.54. The van der Waals surface area contributed by atoms with Crippen molar-refractivity contribution in [3.05, 3.63) is 22.7 Å². The lowest BCUT2D eigenvalue weighted by atomic mass is 9.85. The molecule has 0 spiro atoms. The highest BCUT2D eigenvalue weighted by Crippen LogP contribution is 2.40. The van der Waals surface area contributed by atoms with Crippen molar-refractivity contribution in [2.45, 2.75) is 44.2 Å². The van der Waals surface area contributed by atoms with Gasteiger partial charge in [-0.25, -0.2) is 4.79 Å². The number of hydrogen-bond acceptors (Lipinski definition) is 3. The van der Waals surface area contributed by atoms with E-state index in [1.807, 2.05) is 0 Å². The number of nitrogens with one attached hydrogen (secondary N) is 1. The SMILES string of the molecule is Nc1cc(Br)ccc1NC(=O)C1CC2CCCC[C@@H]2N1C(=O)O. The number of anilines is 2. The van der Waals surface area contributed by atoms with Gasteiger partial charge in [-0.15, -0.1) is 0 Å². The van der Waals surface area contributed by atoms with Gasteiger partial charge in [-0.3, -0.25) is 9.69 Å². The number of carboxylic acid groups (broad SMARTS) is 1. The highest BCUT2D eigenvalue weighted by molar-refractivity contribution is 9.10. The fraction of sp³-hybridized carbons (Fsp3) is 0.500. The Morgan fingerprint density at radius 2 is 2.04 bits per heavy atom. The van der Waals surface area contributed by atoms with E-state index in [2.05, 4.69) is 21.2 Å². The zero-order valence-electron chi connectivity index (χ0n) is 12.7. The molecule has 1 aliphatic carbocycles. The zero-order chi connectivity index (χ0) is 16.6. The quantitative estimate of drug-likeness (QED) is 0.684. The number of nitrogens with two attached hydrogens (primary N) is 1. The van der Waals surface area contributed by atoms with E-state index in [4.69, 9.17) is 5.73 Å². The average molecular weight is 382 g/mol. The van der Waals surface area contributed by atoms with Crippen molar-refractivity contribution in [1.29, 1.82) is 0 Å². The third kappa shape index (κ3) is 3.15. The Kier molecular flexibility index (Phi) is 4.48. The molecule has 1 aromatic carbocycles. The summed E-state index contributed by atoms with van der Waals surface area (Å²) in [6.45, 7) is 0. The molecule has 23 heavy (non-hydrogen) atoms. The second kappa shape index (κ2) is 6.39. The topological polar surface area (TPSA) is 95.7 Å². The van der Waals surface area contributed by atoms with Crippen LogP contribution in [0.1, 0.15) is 32.1 Å². The van der Waals surface area contributed by atoms with E-state index in [0.717, 1.165) is 30.2 Å². The van der Waals surface area contributed by atoms with E-state index >= 15 is 0 Å². The molecule has 1 aliphatic heterocycles. The molecule has 6 nitrogen and oxygen atoms in total. The standard InChI is InChI=1S/C16H20BrN3O3/c17-10-5-6-12(11(18)8-10)19-15(21)14-7-9-3-1-2-4-13(9)20(14)16(22)23/h5-6,8-9,13-14H,1-4,7,18H2,(H,19,21)(H,22,23)/t9?,13-,14?/m0/s1. The first kappa shape index (κ1) is 16.1. The van der Waals surface area contributed by atoms with Gasteiger partial charge < -0.3 is 16.2 Å². The van der Waals surface area contributed by atoms with Gasteiger partial charge >= 0.3 is 6.09 Å². The number of rotatable bonds is 2. The Balaban J connectivity index is 1.78. The van der Waals surface area contributed by atoms with Crippen LogP contribution in [0.5, 0.6) is 0 Å². The first-order valence-corrected chi connectivity index (χ1v) is 8.64. The number of halogens is 1. The number of fused-ring (bicyclic) bond motifs is 1. The molecule has 2 unspecified atom stereocenters. The number of benzene rings is 1. The van der Waals surface area contributed by atoms with Crippen molar-refractivity contribution < 1.29 is 14.7 Å². The number of nitrogen functional groups attached to an aromatic ring is 1. The highest BCUT2D eigenvalue weighted by atomic mass is 79.9. The normalized spacial score (nSPS) is 26.7. The molecule has 2 fully saturated rings. The Morgan fingerprint density at radius 1 is 1.30 bits per heavy atom. The third-order valence-corrected chi connectivity index (χ3v) is 5.38. The molecule has 7 heteroatoms. The summed E-state index contributed by atoms with van der Waals surface area (Å²) in [5.41, 5.74) is 6.87. The molecule has 2 aliphatic rings. The molecular weight excluding hydrogens is 362 g/mol. The lowest BCUT2D eigenvalue weighted by Gasteiger charge is -2.31. The van der Waals surface area contributed by atoms with Gasteiger partial charge in [0, 0.05) is 10.5 Å². The fourth-order valence-corrected chi connectivity index (χ4v) is 4.21. The maximum Gasteiger partial charge on any atom is 0.408 e. The van der Waals surface area contributed by atoms with E-state index in [1.54, 1.807) is 18.2 Å². The molecule has 1 aromatic rings. The van der Waals surface area contributed by atoms with Crippen molar-refractivity contribution in [1.82, 2.24) is 4.90 Å². The molecule has 0 aromatic heterocycles. The van der Waals surface area contributed by atoms with E-state index in [-0.39, 0.29) is 17.9 Å². The summed E-state index contributed by atoms with van der Waals surface area (Å²) in [7, 11) is 0. The van der Waals surface area contributed by atoms with Crippen LogP contribution in [0.4, 0.5) is 16.2 Å². The predicted molar refractivity (Wildman–Crippen MR) is 91.2 cm³/mol. The van der Waals surface area contributed by atoms with Crippen LogP contribution in [-0.4, -0.2) is 34.1 Å². The Bertz CT molecular complexity index is 637. The maximum atomic E-state index is 12.6. The molecule has 124 valence electrons. The number of nitrogens with zero attached hydrogens (tertiary/aromatic N) is 1. The Hall–Kier alpha value is -1.76. The second-order valence-electron chi connectivity index (χ2n) is 6.27. The first-order valence-electron chi connectivity index (χ1n) is 7.84. The van der Waals surface area contributed by atoms with Gasteiger partial charge in [-0.05, 0) is 43.4 Å². The molecule has 2 amide bonds. The lowest BCUT2D eigenvalue weighted by Crippen LogP contribution is -2.47. The van der Waals surface area contributed by atoms with Gasteiger partial charge in [0.2, 0.25) is 5.91 Å². The fourth-order valence-electron chi connectivity index (χ4n) is 3.83. The summed E-state index contributed by atoms with van der Waals surface area (Å²) in [4.78, 5) is 25.6. The number of hydrogen-bond donors (Lipinski definition) is 3. The average Bonchev–Trinajstić information content (AvgIpc) is 2.89. The maximum absolute atomic E-state index is 12.6. The van der Waals surface area contributed by atoms with E-state index in [0.29, 0.717) is 17.8 Å².